The molecule has 4 rings (SSSR count). The first kappa shape index (κ1) is 22.9. The number of hydrogen-bond donors (Lipinski definition) is 1. The summed E-state index contributed by atoms with van der Waals surface area (Å²) < 4.78 is 25.5. The number of aromatic nitrogens is 3. The lowest BCUT2D eigenvalue weighted by Gasteiger charge is -2.14. The molecule has 1 N–H and O–H groups in total. The Morgan fingerprint density at radius 1 is 1.15 bits per heavy atom. The van der Waals surface area contributed by atoms with Crippen LogP contribution in [0.5, 0.6) is 5.75 Å². The lowest BCUT2D eigenvalue weighted by Crippen LogP contribution is -2.30. The third-order valence-corrected chi connectivity index (χ3v) is 5.21. The molecule has 0 aliphatic heterocycles. The van der Waals surface area contributed by atoms with E-state index in [4.69, 9.17) is 9.26 Å². The summed E-state index contributed by atoms with van der Waals surface area (Å²) in [5.41, 5.74) is 2.09. The summed E-state index contributed by atoms with van der Waals surface area (Å²) in [6, 6.07) is 14.5. The Kier molecular flexibility index (Phi) is 6.53. The fourth-order valence-electron chi connectivity index (χ4n) is 3.61. The van der Waals surface area contributed by atoms with Gasteiger partial charge >= 0.3 is 0 Å². The van der Waals surface area contributed by atoms with Crippen LogP contribution in [0.3, 0.4) is 0 Å². The van der Waals surface area contributed by atoms with Crippen molar-refractivity contribution in [1.29, 1.82) is 0 Å². The molecule has 0 atom stereocenters. The van der Waals surface area contributed by atoms with Crippen LogP contribution in [0, 0.1) is 19.7 Å². The zero-order chi connectivity index (χ0) is 24.2. The van der Waals surface area contributed by atoms with Crippen LogP contribution < -0.4 is 15.6 Å². The van der Waals surface area contributed by atoms with Crippen LogP contribution in [0.15, 0.2) is 63.9 Å². The van der Waals surface area contributed by atoms with Gasteiger partial charge in [0.25, 0.3) is 11.4 Å². The largest absolute Gasteiger partial charge is 0.492 e. The van der Waals surface area contributed by atoms with Gasteiger partial charge in [0.1, 0.15) is 23.7 Å². The zero-order valence-electron chi connectivity index (χ0n) is 19.0. The molecule has 2 aromatic heterocycles. The highest BCUT2D eigenvalue weighted by Crippen LogP contribution is 2.25. The maximum Gasteiger partial charge on any atom is 0.264 e. The highest BCUT2D eigenvalue weighted by atomic mass is 19.1. The van der Waals surface area contributed by atoms with E-state index in [2.05, 4.69) is 15.5 Å². The fourth-order valence-corrected chi connectivity index (χ4v) is 3.61. The van der Waals surface area contributed by atoms with Gasteiger partial charge in [0.2, 0.25) is 11.7 Å². The molecule has 9 heteroatoms. The minimum absolute atomic E-state index is 0.0256. The number of rotatable bonds is 7. The Bertz CT molecular complexity index is 1390. The number of hydrogen-bond acceptors (Lipinski definition) is 6. The minimum Gasteiger partial charge on any atom is -0.492 e. The monoisotopic (exact) mass is 462 g/mol. The van der Waals surface area contributed by atoms with Crippen molar-refractivity contribution in [2.24, 2.45) is 0 Å². The van der Waals surface area contributed by atoms with Crippen LogP contribution in [0.1, 0.15) is 18.2 Å². The van der Waals surface area contributed by atoms with Crippen molar-refractivity contribution in [3.63, 3.8) is 0 Å². The second-order valence-corrected chi connectivity index (χ2v) is 7.64. The Hall–Kier alpha value is -4.27. The number of para-hydroxylation sites is 2. The molecule has 0 bridgehead atoms. The van der Waals surface area contributed by atoms with Crippen molar-refractivity contribution in [3.05, 3.63) is 82.0 Å². The Morgan fingerprint density at radius 2 is 1.88 bits per heavy atom. The van der Waals surface area contributed by atoms with Gasteiger partial charge in [0, 0.05) is 11.3 Å². The molecule has 2 aromatic carbocycles. The molecule has 8 nitrogen and oxygen atoms in total. The minimum atomic E-state index is -0.431. The molecule has 0 radical (unpaired) electrons. The summed E-state index contributed by atoms with van der Waals surface area (Å²) >= 11 is 0. The molecule has 0 fully saturated rings. The van der Waals surface area contributed by atoms with Gasteiger partial charge in [-0.1, -0.05) is 17.3 Å². The number of nitrogens with one attached hydrogen (secondary N) is 1. The van der Waals surface area contributed by atoms with Crippen molar-refractivity contribution in [3.8, 4) is 28.6 Å². The van der Waals surface area contributed by atoms with Crippen LogP contribution in [0.2, 0.25) is 0 Å². The molecule has 0 spiro atoms. The van der Waals surface area contributed by atoms with E-state index >= 15 is 0 Å². The van der Waals surface area contributed by atoms with E-state index in [1.54, 1.807) is 38.1 Å². The average Bonchev–Trinajstić information content (AvgIpc) is 3.28. The Morgan fingerprint density at radius 3 is 2.62 bits per heavy atom. The van der Waals surface area contributed by atoms with Crippen LogP contribution in [0.4, 0.5) is 10.1 Å². The third kappa shape index (κ3) is 4.73. The van der Waals surface area contributed by atoms with Crippen molar-refractivity contribution >= 4 is 11.6 Å². The van der Waals surface area contributed by atoms with E-state index in [-0.39, 0.29) is 35.5 Å². The summed E-state index contributed by atoms with van der Waals surface area (Å²) in [6.07, 6.45) is 0. The first-order chi connectivity index (χ1) is 16.4. The molecule has 174 valence electrons. The summed E-state index contributed by atoms with van der Waals surface area (Å²) in [5.74, 6) is 0.0339. The molecule has 0 unspecified atom stereocenters. The molecule has 1 amide bonds. The number of aryl methyl sites for hydroxylation is 2. The summed E-state index contributed by atoms with van der Waals surface area (Å²) in [7, 11) is 0. The first-order valence-electron chi connectivity index (χ1n) is 10.7. The molecular weight excluding hydrogens is 439 g/mol. The lowest BCUT2D eigenvalue weighted by molar-refractivity contribution is -0.116. The summed E-state index contributed by atoms with van der Waals surface area (Å²) in [6.45, 7) is 5.61. The van der Waals surface area contributed by atoms with E-state index in [0.717, 1.165) is 0 Å². The van der Waals surface area contributed by atoms with Gasteiger partial charge in [0.05, 0.1) is 12.3 Å². The molecule has 0 saturated heterocycles. The number of benzene rings is 2. The lowest BCUT2D eigenvalue weighted by atomic mass is 10.1. The maximum absolute atomic E-state index is 13.3. The van der Waals surface area contributed by atoms with Crippen molar-refractivity contribution < 1.29 is 18.4 Å². The van der Waals surface area contributed by atoms with Gasteiger partial charge in [-0.25, -0.2) is 4.39 Å². The number of ether oxygens (including phenoxy) is 1. The molecule has 34 heavy (non-hydrogen) atoms. The highest BCUT2D eigenvalue weighted by molar-refractivity contribution is 5.92. The summed E-state index contributed by atoms with van der Waals surface area (Å²) in [5, 5.41) is 6.72. The normalized spacial score (nSPS) is 10.8. The molecule has 0 aliphatic carbocycles. The van der Waals surface area contributed by atoms with Gasteiger partial charge in [-0.3, -0.25) is 9.59 Å². The number of carbonyl (C=O) groups excluding carboxylic acids is 1. The number of nitrogens with zero attached hydrogens (tertiary/aromatic N) is 3. The van der Waals surface area contributed by atoms with Crippen LogP contribution >= 0.6 is 0 Å². The smallest absolute Gasteiger partial charge is 0.264 e. The van der Waals surface area contributed by atoms with Gasteiger partial charge in [-0.05, 0) is 68.8 Å². The topological polar surface area (TPSA) is 99.2 Å². The Labute approximate surface area is 195 Å². The van der Waals surface area contributed by atoms with Gasteiger partial charge < -0.3 is 19.1 Å². The zero-order valence-corrected chi connectivity index (χ0v) is 19.0. The SMILES string of the molecule is CCOc1ccccc1NC(=O)Cn1c(C)cc(C)c(-c2nc(-c3ccc(F)cc3)no2)c1=O. The summed E-state index contributed by atoms with van der Waals surface area (Å²) in [4.78, 5) is 30.4. The van der Waals surface area contributed by atoms with E-state index in [0.29, 0.717) is 34.9 Å². The number of anilines is 1. The van der Waals surface area contributed by atoms with Gasteiger partial charge in [-0.15, -0.1) is 0 Å². The number of amides is 1. The number of halogens is 1. The number of pyridine rings is 1. The predicted molar refractivity (Wildman–Crippen MR) is 125 cm³/mol. The third-order valence-electron chi connectivity index (χ3n) is 5.21. The molecular formula is C25H23FN4O4. The standard InChI is InChI=1S/C25H23FN4O4/c1-4-33-20-8-6-5-7-19(20)27-21(31)14-30-16(3)13-15(2)22(25(30)32)24-28-23(29-34-24)17-9-11-18(26)12-10-17/h5-13H,4,14H2,1-3H3,(H,27,31). The van der Waals surface area contributed by atoms with Crippen LogP contribution in [-0.2, 0) is 11.3 Å². The van der Waals surface area contributed by atoms with Crippen molar-refractivity contribution in [1.82, 2.24) is 14.7 Å². The quantitative estimate of drug-likeness (QED) is 0.438. The van der Waals surface area contributed by atoms with Crippen LogP contribution in [-0.4, -0.2) is 27.2 Å². The van der Waals surface area contributed by atoms with E-state index in [9.17, 15) is 14.0 Å². The highest BCUT2D eigenvalue weighted by Gasteiger charge is 2.20. The molecule has 4 aromatic rings. The molecule has 2 heterocycles. The van der Waals surface area contributed by atoms with Crippen molar-refractivity contribution in [2.45, 2.75) is 27.3 Å². The predicted octanol–water partition coefficient (Wildman–Crippen LogP) is 4.36. The first-order valence-corrected chi connectivity index (χ1v) is 10.7. The average molecular weight is 462 g/mol. The number of carbonyl (C=O) groups is 1. The van der Waals surface area contributed by atoms with E-state index in [1.165, 1.54) is 28.8 Å². The van der Waals surface area contributed by atoms with Gasteiger partial charge in [0.15, 0.2) is 0 Å². The Balaban J connectivity index is 1.63. The fraction of sp³-hybridized carbons (Fsp3) is 0.200. The van der Waals surface area contributed by atoms with Crippen LogP contribution in [0.25, 0.3) is 22.8 Å². The molecule has 0 aliphatic rings. The maximum atomic E-state index is 13.3. The second kappa shape index (κ2) is 9.70. The molecule has 0 saturated carbocycles. The van der Waals surface area contributed by atoms with E-state index < -0.39 is 5.56 Å². The van der Waals surface area contributed by atoms with E-state index in [1.807, 2.05) is 13.0 Å². The second-order valence-electron chi connectivity index (χ2n) is 7.64. The van der Waals surface area contributed by atoms with Gasteiger partial charge in [-0.2, -0.15) is 4.98 Å². The van der Waals surface area contributed by atoms with Crippen molar-refractivity contribution in [2.75, 3.05) is 11.9 Å².